The molecule has 0 N–H and O–H groups in total. The summed E-state index contributed by atoms with van der Waals surface area (Å²) >= 11 is 1.50. The van der Waals surface area contributed by atoms with Crippen LogP contribution in [0, 0.1) is 10.1 Å². The minimum atomic E-state index is -0.408. The lowest BCUT2D eigenvalue weighted by molar-refractivity contribution is -0.384. The van der Waals surface area contributed by atoms with E-state index in [1.54, 1.807) is 25.6 Å². The van der Waals surface area contributed by atoms with Crippen LogP contribution < -0.4 is 4.74 Å². The number of benzene rings is 2. The van der Waals surface area contributed by atoms with Gasteiger partial charge in [0.05, 0.1) is 17.7 Å². The average molecular weight is 342 g/mol. The molecule has 0 spiro atoms. The number of ether oxygens (including phenoxy) is 1. The van der Waals surface area contributed by atoms with Gasteiger partial charge in [0, 0.05) is 17.9 Å². The predicted molar refractivity (Wildman–Crippen MR) is 90.6 cm³/mol. The number of methoxy groups -OCH3 is 1. The van der Waals surface area contributed by atoms with Crippen molar-refractivity contribution in [2.45, 2.75) is 10.9 Å². The molecule has 0 atom stereocenters. The van der Waals surface area contributed by atoms with Gasteiger partial charge < -0.3 is 4.74 Å². The van der Waals surface area contributed by atoms with E-state index in [0.29, 0.717) is 5.75 Å². The molecule has 0 saturated heterocycles. The van der Waals surface area contributed by atoms with Gasteiger partial charge in [-0.2, -0.15) is 0 Å². The Balaban J connectivity index is 1.77. The fourth-order valence-electron chi connectivity index (χ4n) is 2.18. The van der Waals surface area contributed by atoms with Crippen molar-refractivity contribution in [3.63, 3.8) is 0 Å². The molecular formula is C16H14N4O3S. The summed E-state index contributed by atoms with van der Waals surface area (Å²) in [6, 6.07) is 14.1. The van der Waals surface area contributed by atoms with Crippen LogP contribution in [0.3, 0.4) is 0 Å². The van der Waals surface area contributed by atoms with Crippen molar-refractivity contribution in [1.82, 2.24) is 14.8 Å². The van der Waals surface area contributed by atoms with Crippen molar-refractivity contribution in [2.75, 3.05) is 7.11 Å². The minimum Gasteiger partial charge on any atom is -0.495 e. The number of rotatable bonds is 6. The van der Waals surface area contributed by atoms with Gasteiger partial charge in [0.1, 0.15) is 12.1 Å². The van der Waals surface area contributed by atoms with E-state index in [1.165, 1.54) is 23.9 Å². The summed E-state index contributed by atoms with van der Waals surface area (Å²) in [5.74, 6) is 1.36. The Morgan fingerprint density at radius 1 is 1.21 bits per heavy atom. The van der Waals surface area contributed by atoms with E-state index in [2.05, 4.69) is 10.2 Å². The van der Waals surface area contributed by atoms with Crippen molar-refractivity contribution in [3.05, 3.63) is 70.5 Å². The zero-order chi connectivity index (χ0) is 16.9. The van der Waals surface area contributed by atoms with E-state index in [9.17, 15) is 10.1 Å². The van der Waals surface area contributed by atoms with Crippen molar-refractivity contribution in [3.8, 4) is 11.4 Å². The summed E-state index contributed by atoms with van der Waals surface area (Å²) in [4.78, 5) is 10.3. The summed E-state index contributed by atoms with van der Waals surface area (Å²) < 4.78 is 7.23. The highest BCUT2D eigenvalue weighted by Gasteiger charge is 2.12. The number of nitro groups is 1. The molecular weight excluding hydrogens is 328 g/mol. The maximum Gasteiger partial charge on any atom is 0.269 e. The molecule has 3 rings (SSSR count). The number of nitro benzene ring substituents is 1. The van der Waals surface area contributed by atoms with Crippen LogP contribution in [0.15, 0.2) is 60.0 Å². The number of para-hydroxylation sites is 2. The van der Waals surface area contributed by atoms with Gasteiger partial charge in [-0.3, -0.25) is 14.7 Å². The fraction of sp³-hybridized carbons (Fsp3) is 0.125. The van der Waals surface area contributed by atoms with Gasteiger partial charge in [-0.1, -0.05) is 36.0 Å². The highest BCUT2D eigenvalue weighted by atomic mass is 32.2. The second-order valence-corrected chi connectivity index (χ2v) is 5.81. The molecule has 0 fully saturated rings. The summed E-state index contributed by atoms with van der Waals surface area (Å²) in [6.45, 7) is 0. The molecule has 0 radical (unpaired) electrons. The third-order valence-electron chi connectivity index (χ3n) is 3.38. The van der Waals surface area contributed by atoms with Crippen LogP contribution in [0.5, 0.6) is 5.75 Å². The Morgan fingerprint density at radius 3 is 2.67 bits per heavy atom. The molecule has 0 aliphatic carbocycles. The number of thioether (sulfide) groups is 1. The Kier molecular flexibility index (Phi) is 4.76. The van der Waals surface area contributed by atoms with Crippen LogP contribution >= 0.6 is 11.8 Å². The SMILES string of the molecule is COc1ccccc1-n1cnnc1SCc1ccc([N+](=O)[O-])cc1. The van der Waals surface area contributed by atoms with Crippen molar-refractivity contribution in [1.29, 1.82) is 0 Å². The lowest BCUT2D eigenvalue weighted by atomic mass is 10.2. The lowest BCUT2D eigenvalue weighted by Crippen LogP contribution is -1.98. The lowest BCUT2D eigenvalue weighted by Gasteiger charge is -2.10. The van der Waals surface area contributed by atoms with Crippen molar-refractivity contribution in [2.24, 2.45) is 0 Å². The zero-order valence-corrected chi connectivity index (χ0v) is 13.6. The normalized spacial score (nSPS) is 10.5. The monoisotopic (exact) mass is 342 g/mol. The van der Waals surface area contributed by atoms with Crippen LogP contribution in [0.2, 0.25) is 0 Å². The van der Waals surface area contributed by atoms with E-state index in [4.69, 9.17) is 4.74 Å². The number of aromatic nitrogens is 3. The zero-order valence-electron chi connectivity index (χ0n) is 12.8. The van der Waals surface area contributed by atoms with Gasteiger partial charge in [-0.25, -0.2) is 0 Å². The van der Waals surface area contributed by atoms with Crippen LogP contribution in [-0.4, -0.2) is 26.8 Å². The third kappa shape index (κ3) is 3.38. The molecule has 0 aliphatic rings. The Hall–Kier alpha value is -2.87. The number of non-ortho nitro benzene ring substituents is 1. The van der Waals surface area contributed by atoms with E-state index < -0.39 is 4.92 Å². The minimum absolute atomic E-state index is 0.0842. The van der Waals surface area contributed by atoms with E-state index >= 15 is 0 Å². The standard InChI is InChI=1S/C16H14N4O3S/c1-23-15-5-3-2-4-14(15)19-11-17-18-16(19)24-10-12-6-8-13(9-7-12)20(21)22/h2-9,11H,10H2,1H3. The summed E-state index contributed by atoms with van der Waals surface area (Å²) in [5.41, 5.74) is 1.91. The van der Waals surface area contributed by atoms with Gasteiger partial charge >= 0.3 is 0 Å². The maximum atomic E-state index is 10.7. The highest BCUT2D eigenvalue weighted by molar-refractivity contribution is 7.98. The number of hydrogen-bond donors (Lipinski definition) is 0. The number of nitrogens with zero attached hydrogens (tertiary/aromatic N) is 4. The van der Waals surface area contributed by atoms with Crippen LogP contribution in [0.1, 0.15) is 5.56 Å². The van der Waals surface area contributed by atoms with Gasteiger partial charge in [0.15, 0.2) is 5.16 Å². The Morgan fingerprint density at radius 2 is 1.96 bits per heavy atom. The molecule has 0 unspecified atom stereocenters. The Bertz CT molecular complexity index is 849. The van der Waals surface area contributed by atoms with Crippen LogP contribution in [0.4, 0.5) is 5.69 Å². The Labute approximate surface area is 142 Å². The summed E-state index contributed by atoms with van der Waals surface area (Å²) in [7, 11) is 1.62. The molecule has 24 heavy (non-hydrogen) atoms. The fourth-order valence-corrected chi connectivity index (χ4v) is 3.06. The van der Waals surface area contributed by atoms with E-state index in [1.807, 2.05) is 28.8 Å². The molecule has 3 aromatic rings. The highest BCUT2D eigenvalue weighted by Crippen LogP contribution is 2.28. The molecule has 0 aliphatic heterocycles. The maximum absolute atomic E-state index is 10.7. The van der Waals surface area contributed by atoms with Gasteiger partial charge in [-0.05, 0) is 17.7 Å². The molecule has 2 aromatic carbocycles. The topological polar surface area (TPSA) is 83.1 Å². The van der Waals surface area contributed by atoms with Crippen LogP contribution in [-0.2, 0) is 5.75 Å². The average Bonchev–Trinajstić information content (AvgIpc) is 3.08. The quantitative estimate of drug-likeness (QED) is 0.387. The first-order valence-corrected chi connectivity index (χ1v) is 8.07. The summed E-state index contributed by atoms with van der Waals surface area (Å²) in [6.07, 6.45) is 1.63. The summed E-state index contributed by atoms with van der Waals surface area (Å²) in [5, 5.41) is 19.5. The molecule has 122 valence electrons. The van der Waals surface area contributed by atoms with Gasteiger partial charge in [-0.15, -0.1) is 10.2 Å². The first-order chi connectivity index (χ1) is 11.7. The molecule has 0 amide bonds. The second-order valence-electron chi connectivity index (χ2n) is 4.87. The third-order valence-corrected chi connectivity index (χ3v) is 4.39. The molecule has 0 saturated carbocycles. The largest absolute Gasteiger partial charge is 0.495 e. The van der Waals surface area contributed by atoms with Crippen molar-refractivity contribution >= 4 is 17.4 Å². The van der Waals surface area contributed by atoms with Crippen LogP contribution in [0.25, 0.3) is 5.69 Å². The van der Waals surface area contributed by atoms with Gasteiger partial charge in [0.25, 0.3) is 5.69 Å². The molecule has 0 bridgehead atoms. The van der Waals surface area contributed by atoms with Crippen molar-refractivity contribution < 1.29 is 9.66 Å². The number of hydrogen-bond acceptors (Lipinski definition) is 6. The smallest absolute Gasteiger partial charge is 0.269 e. The van der Waals surface area contributed by atoms with Gasteiger partial charge in [0.2, 0.25) is 0 Å². The molecule has 1 aromatic heterocycles. The first kappa shape index (κ1) is 16.0. The molecule has 8 heteroatoms. The molecule has 1 heterocycles. The first-order valence-electron chi connectivity index (χ1n) is 7.08. The second kappa shape index (κ2) is 7.14. The predicted octanol–water partition coefficient (Wildman–Crippen LogP) is 3.48. The van der Waals surface area contributed by atoms with E-state index in [-0.39, 0.29) is 5.69 Å². The molecule has 7 nitrogen and oxygen atoms in total. The van der Waals surface area contributed by atoms with E-state index in [0.717, 1.165) is 22.2 Å².